The van der Waals surface area contributed by atoms with Crippen LogP contribution in [0.25, 0.3) is 0 Å². The maximum atomic E-state index is 11.4. The van der Waals surface area contributed by atoms with Gasteiger partial charge >= 0.3 is 0 Å². The Morgan fingerprint density at radius 1 is 1.43 bits per heavy atom. The van der Waals surface area contributed by atoms with Crippen molar-refractivity contribution in [3.05, 3.63) is 12.7 Å². The predicted octanol–water partition coefficient (Wildman–Crippen LogP) is 1.35. The molecule has 0 saturated carbocycles. The molecule has 1 atom stereocenters. The zero-order valence-corrected chi connectivity index (χ0v) is 9.94. The Hall–Kier alpha value is -0.350. The minimum Gasteiger partial charge on any atom is -0.330 e. The number of sulfone groups is 1. The van der Waals surface area contributed by atoms with Crippen LogP contribution in [0.2, 0.25) is 0 Å². The fraction of sp³-hybridized carbons (Fsp3) is 0.800. The maximum Gasteiger partial charge on any atom is 0.150 e. The van der Waals surface area contributed by atoms with E-state index in [9.17, 15) is 8.42 Å². The van der Waals surface area contributed by atoms with Crippen LogP contribution in [0.5, 0.6) is 0 Å². The molecule has 0 aromatic rings. The van der Waals surface area contributed by atoms with Crippen LogP contribution in [0.3, 0.4) is 0 Å². The first-order chi connectivity index (χ1) is 6.39. The van der Waals surface area contributed by atoms with E-state index in [1.807, 2.05) is 13.8 Å². The minimum absolute atomic E-state index is 0.209. The number of rotatable bonds is 7. The lowest BCUT2D eigenvalue weighted by Crippen LogP contribution is -2.28. The summed E-state index contributed by atoms with van der Waals surface area (Å²) in [6.45, 7) is 7.92. The standard InChI is InChI=1S/C10H21NO2S/c1-4-7-14(12,13)8-6-10(3,5-2)9-11/h5H,2,4,6-9,11H2,1,3H3. The van der Waals surface area contributed by atoms with Crippen LogP contribution in [0.1, 0.15) is 26.7 Å². The molecular formula is C10H21NO2S. The van der Waals surface area contributed by atoms with E-state index >= 15 is 0 Å². The highest BCUT2D eigenvalue weighted by molar-refractivity contribution is 7.91. The summed E-state index contributed by atoms with van der Waals surface area (Å²) in [5.74, 6) is 0.478. The Kier molecular flexibility index (Phi) is 5.37. The van der Waals surface area contributed by atoms with Gasteiger partial charge in [0.1, 0.15) is 9.84 Å². The largest absolute Gasteiger partial charge is 0.330 e. The molecule has 0 aliphatic heterocycles. The van der Waals surface area contributed by atoms with Gasteiger partial charge in [-0.15, -0.1) is 6.58 Å². The number of hydrogen-bond acceptors (Lipinski definition) is 3. The molecule has 0 aliphatic rings. The number of nitrogens with two attached hydrogens (primary N) is 1. The van der Waals surface area contributed by atoms with E-state index in [0.717, 1.165) is 0 Å². The molecule has 0 rings (SSSR count). The Bertz CT molecular complexity index is 272. The summed E-state index contributed by atoms with van der Waals surface area (Å²) in [5, 5.41) is 0. The highest BCUT2D eigenvalue weighted by Gasteiger charge is 2.21. The smallest absolute Gasteiger partial charge is 0.150 e. The van der Waals surface area contributed by atoms with Crippen molar-refractivity contribution in [3.63, 3.8) is 0 Å². The van der Waals surface area contributed by atoms with E-state index in [-0.39, 0.29) is 16.9 Å². The molecule has 1 unspecified atom stereocenters. The average molecular weight is 219 g/mol. The Labute approximate surface area is 87.3 Å². The monoisotopic (exact) mass is 219 g/mol. The molecule has 0 heterocycles. The van der Waals surface area contributed by atoms with E-state index in [4.69, 9.17) is 5.73 Å². The van der Waals surface area contributed by atoms with Crippen molar-refractivity contribution in [2.45, 2.75) is 26.7 Å². The van der Waals surface area contributed by atoms with Gasteiger partial charge in [-0.25, -0.2) is 8.42 Å². The molecule has 0 aromatic heterocycles. The van der Waals surface area contributed by atoms with Crippen LogP contribution < -0.4 is 5.73 Å². The van der Waals surface area contributed by atoms with Crippen LogP contribution in [0.4, 0.5) is 0 Å². The molecular weight excluding hydrogens is 198 g/mol. The summed E-state index contributed by atoms with van der Waals surface area (Å²) in [6, 6.07) is 0. The van der Waals surface area contributed by atoms with Crippen molar-refractivity contribution in [1.82, 2.24) is 0 Å². The molecule has 0 amide bonds. The molecule has 0 aliphatic carbocycles. The molecule has 0 spiro atoms. The third kappa shape index (κ3) is 4.77. The minimum atomic E-state index is -2.89. The highest BCUT2D eigenvalue weighted by atomic mass is 32.2. The summed E-state index contributed by atoms with van der Waals surface area (Å²) in [4.78, 5) is 0. The van der Waals surface area contributed by atoms with Crippen molar-refractivity contribution in [3.8, 4) is 0 Å². The van der Waals surface area contributed by atoms with Gasteiger partial charge in [-0.3, -0.25) is 0 Å². The second-order valence-corrected chi connectivity index (χ2v) is 6.27. The zero-order chi connectivity index (χ0) is 11.2. The molecule has 0 aromatic carbocycles. The van der Waals surface area contributed by atoms with Crippen LogP contribution >= 0.6 is 0 Å². The summed E-state index contributed by atoms with van der Waals surface area (Å²) in [7, 11) is -2.89. The second-order valence-electron chi connectivity index (χ2n) is 3.96. The SMILES string of the molecule is C=CC(C)(CN)CCS(=O)(=O)CCC. The van der Waals surface area contributed by atoms with Crippen LogP contribution in [0.15, 0.2) is 12.7 Å². The van der Waals surface area contributed by atoms with Gasteiger partial charge in [0.2, 0.25) is 0 Å². The van der Waals surface area contributed by atoms with Crippen molar-refractivity contribution in [1.29, 1.82) is 0 Å². The van der Waals surface area contributed by atoms with Gasteiger partial charge < -0.3 is 5.73 Å². The van der Waals surface area contributed by atoms with Gasteiger partial charge in [-0.2, -0.15) is 0 Å². The summed E-state index contributed by atoms with van der Waals surface area (Å²) >= 11 is 0. The summed E-state index contributed by atoms with van der Waals surface area (Å²) in [6.07, 6.45) is 2.99. The molecule has 14 heavy (non-hydrogen) atoms. The Morgan fingerprint density at radius 2 is 2.00 bits per heavy atom. The van der Waals surface area contributed by atoms with E-state index in [1.165, 1.54) is 0 Å². The first kappa shape index (κ1) is 13.7. The van der Waals surface area contributed by atoms with E-state index < -0.39 is 9.84 Å². The van der Waals surface area contributed by atoms with Gasteiger partial charge in [0.25, 0.3) is 0 Å². The van der Waals surface area contributed by atoms with Crippen LogP contribution in [0, 0.1) is 5.41 Å². The molecule has 3 nitrogen and oxygen atoms in total. The molecule has 0 saturated heterocycles. The molecule has 0 fully saturated rings. The normalized spacial score (nSPS) is 16.2. The van der Waals surface area contributed by atoms with Gasteiger partial charge in [-0.1, -0.05) is 19.9 Å². The van der Waals surface area contributed by atoms with Crippen molar-refractivity contribution in [2.75, 3.05) is 18.1 Å². The van der Waals surface area contributed by atoms with Crippen molar-refractivity contribution in [2.24, 2.45) is 11.1 Å². The zero-order valence-electron chi connectivity index (χ0n) is 9.12. The van der Waals surface area contributed by atoms with Gasteiger partial charge in [0, 0.05) is 12.3 Å². The lowest BCUT2D eigenvalue weighted by atomic mass is 9.88. The van der Waals surface area contributed by atoms with Crippen molar-refractivity contribution < 1.29 is 8.42 Å². The fourth-order valence-electron chi connectivity index (χ4n) is 1.09. The second kappa shape index (κ2) is 5.51. The Morgan fingerprint density at radius 3 is 2.36 bits per heavy atom. The third-order valence-electron chi connectivity index (χ3n) is 2.46. The van der Waals surface area contributed by atoms with E-state index in [0.29, 0.717) is 19.4 Å². The first-order valence-corrected chi connectivity index (χ1v) is 6.75. The highest BCUT2D eigenvalue weighted by Crippen LogP contribution is 2.21. The third-order valence-corrected chi connectivity index (χ3v) is 4.31. The van der Waals surface area contributed by atoms with E-state index in [2.05, 4.69) is 6.58 Å². The van der Waals surface area contributed by atoms with Crippen LogP contribution in [-0.2, 0) is 9.84 Å². The Balaban J connectivity index is 4.23. The maximum absolute atomic E-state index is 11.4. The van der Waals surface area contributed by atoms with Gasteiger partial charge in [-0.05, 0) is 18.3 Å². The first-order valence-electron chi connectivity index (χ1n) is 4.93. The quantitative estimate of drug-likeness (QED) is 0.658. The molecule has 0 radical (unpaired) electrons. The van der Waals surface area contributed by atoms with Gasteiger partial charge in [0.05, 0.1) is 5.75 Å². The van der Waals surface area contributed by atoms with E-state index in [1.54, 1.807) is 6.08 Å². The molecule has 4 heteroatoms. The lowest BCUT2D eigenvalue weighted by molar-refractivity contribution is 0.424. The fourth-order valence-corrected chi connectivity index (χ4v) is 2.69. The summed E-state index contributed by atoms with van der Waals surface area (Å²) < 4.78 is 22.9. The van der Waals surface area contributed by atoms with Gasteiger partial charge in [0.15, 0.2) is 0 Å². The van der Waals surface area contributed by atoms with Crippen molar-refractivity contribution >= 4 is 9.84 Å². The predicted molar refractivity (Wildman–Crippen MR) is 60.9 cm³/mol. The van der Waals surface area contributed by atoms with Crippen LogP contribution in [-0.4, -0.2) is 26.5 Å². The molecule has 84 valence electrons. The summed E-state index contributed by atoms with van der Waals surface area (Å²) in [5.41, 5.74) is 5.31. The lowest BCUT2D eigenvalue weighted by Gasteiger charge is -2.23. The topological polar surface area (TPSA) is 60.2 Å². The molecule has 2 N–H and O–H groups in total. The molecule has 0 bridgehead atoms. The average Bonchev–Trinajstić information content (AvgIpc) is 2.14. The number of hydrogen-bond donors (Lipinski definition) is 1.